The van der Waals surface area contributed by atoms with Crippen LogP contribution >= 0.6 is 0 Å². The van der Waals surface area contributed by atoms with E-state index in [0.717, 1.165) is 29.7 Å². The molecule has 2 heterocycles. The van der Waals surface area contributed by atoms with Gasteiger partial charge in [-0.3, -0.25) is 33.6 Å². The highest BCUT2D eigenvalue weighted by Gasteiger charge is 2.45. The van der Waals surface area contributed by atoms with Crippen molar-refractivity contribution in [3.63, 3.8) is 0 Å². The van der Waals surface area contributed by atoms with Gasteiger partial charge in [0.1, 0.15) is 10.9 Å². The van der Waals surface area contributed by atoms with Gasteiger partial charge in [-0.25, -0.2) is 0 Å². The molecule has 10 nitrogen and oxygen atoms in total. The van der Waals surface area contributed by atoms with Crippen LogP contribution in [0.5, 0.6) is 0 Å². The molecule has 37 heavy (non-hydrogen) atoms. The minimum absolute atomic E-state index is 0.0118. The van der Waals surface area contributed by atoms with Crippen molar-refractivity contribution < 1.29 is 31.8 Å². The Hall–Kier alpha value is -3.57. The van der Waals surface area contributed by atoms with E-state index >= 15 is 0 Å². The van der Waals surface area contributed by atoms with Gasteiger partial charge in [-0.2, -0.15) is 8.42 Å². The first-order valence-electron chi connectivity index (χ1n) is 12.3. The number of fused-ring (bicyclic) bond motifs is 1. The van der Waals surface area contributed by atoms with Crippen molar-refractivity contribution in [2.75, 3.05) is 11.9 Å². The number of amides is 4. The maximum absolute atomic E-state index is 13.4. The molecule has 4 rings (SSSR count). The van der Waals surface area contributed by atoms with E-state index < -0.39 is 39.8 Å². The number of imide groups is 2. The Balaban J connectivity index is 1.63. The standard InChI is InChI=1S/C26H29N3O7S/c1-3-4-5-6-14-36-37(34,35)21-12-10-16(2)15-19(21)27-18-9-7-8-17-23(18)26(33)29(25(17)32)20-11-13-22(30)28-24(20)31/h7-10,12,15,20,27H,3-6,11,13-14H2,1-2H3,(H,28,30,31). The summed E-state index contributed by atoms with van der Waals surface area (Å²) in [4.78, 5) is 51.2. The first kappa shape index (κ1) is 26.5. The number of nitrogens with one attached hydrogen (secondary N) is 2. The van der Waals surface area contributed by atoms with Gasteiger partial charge in [-0.15, -0.1) is 0 Å². The lowest BCUT2D eigenvalue weighted by Gasteiger charge is -2.27. The zero-order valence-corrected chi connectivity index (χ0v) is 21.5. The smallest absolute Gasteiger partial charge is 0.299 e. The molecule has 1 atom stereocenters. The van der Waals surface area contributed by atoms with Crippen LogP contribution < -0.4 is 10.6 Å². The number of nitrogens with zero attached hydrogens (tertiary/aromatic N) is 1. The zero-order chi connectivity index (χ0) is 26.7. The summed E-state index contributed by atoms with van der Waals surface area (Å²) < 4.78 is 31.2. The van der Waals surface area contributed by atoms with Crippen LogP contribution in [-0.4, -0.2) is 49.6 Å². The molecule has 0 spiro atoms. The Kier molecular flexibility index (Phi) is 7.74. The van der Waals surface area contributed by atoms with E-state index in [0.29, 0.717) is 6.42 Å². The maximum atomic E-state index is 13.4. The van der Waals surface area contributed by atoms with Gasteiger partial charge in [0, 0.05) is 6.42 Å². The van der Waals surface area contributed by atoms with Gasteiger partial charge in [0.2, 0.25) is 11.8 Å². The number of aryl methyl sites for hydroxylation is 1. The Morgan fingerprint density at radius 3 is 2.54 bits per heavy atom. The molecule has 4 amide bonds. The minimum Gasteiger partial charge on any atom is -0.354 e. The quantitative estimate of drug-likeness (QED) is 0.272. The van der Waals surface area contributed by atoms with Crippen LogP contribution in [0.1, 0.15) is 71.7 Å². The SMILES string of the molecule is CCCCCCOS(=O)(=O)c1ccc(C)cc1Nc1cccc2c1C(=O)N(C1CCC(=O)NC1=O)C2=O. The molecule has 1 unspecified atom stereocenters. The van der Waals surface area contributed by atoms with E-state index in [2.05, 4.69) is 17.6 Å². The maximum Gasteiger partial charge on any atom is 0.299 e. The fraction of sp³-hybridized carbons (Fsp3) is 0.385. The fourth-order valence-electron chi connectivity index (χ4n) is 4.48. The predicted octanol–water partition coefficient (Wildman–Crippen LogP) is 3.43. The van der Waals surface area contributed by atoms with Crippen LogP contribution in [0, 0.1) is 6.92 Å². The zero-order valence-electron chi connectivity index (χ0n) is 20.7. The topological polar surface area (TPSA) is 139 Å². The molecule has 0 aliphatic carbocycles. The summed E-state index contributed by atoms with van der Waals surface area (Å²) in [6.07, 6.45) is 3.53. The van der Waals surface area contributed by atoms with Crippen LogP contribution in [0.25, 0.3) is 0 Å². The molecule has 196 valence electrons. The molecule has 2 aliphatic heterocycles. The highest BCUT2D eigenvalue weighted by Crippen LogP contribution is 2.35. The number of piperidine rings is 1. The van der Waals surface area contributed by atoms with Crippen LogP contribution in [0.15, 0.2) is 41.3 Å². The summed E-state index contributed by atoms with van der Waals surface area (Å²) in [7, 11) is -4.10. The van der Waals surface area contributed by atoms with Crippen molar-refractivity contribution in [1.29, 1.82) is 0 Å². The average molecular weight is 528 g/mol. The minimum atomic E-state index is -4.10. The summed E-state index contributed by atoms with van der Waals surface area (Å²) in [5.74, 6) is -2.50. The number of carbonyl (C=O) groups is 4. The summed E-state index contributed by atoms with van der Waals surface area (Å²) in [6, 6.07) is 8.19. The van der Waals surface area contributed by atoms with Crippen molar-refractivity contribution in [1.82, 2.24) is 10.2 Å². The number of anilines is 2. The number of benzene rings is 2. The Bertz CT molecular complexity index is 1370. The monoisotopic (exact) mass is 527 g/mol. The summed E-state index contributed by atoms with van der Waals surface area (Å²) in [5, 5.41) is 5.18. The molecule has 11 heteroatoms. The molecule has 0 aromatic heterocycles. The van der Waals surface area contributed by atoms with Crippen molar-refractivity contribution >= 4 is 45.1 Å². The summed E-state index contributed by atoms with van der Waals surface area (Å²) in [6.45, 7) is 3.91. The number of hydrogen-bond acceptors (Lipinski definition) is 8. The highest BCUT2D eigenvalue weighted by molar-refractivity contribution is 7.87. The molecule has 1 fully saturated rings. The van der Waals surface area contributed by atoms with Crippen LogP contribution in [0.2, 0.25) is 0 Å². The Morgan fingerprint density at radius 2 is 1.81 bits per heavy atom. The predicted molar refractivity (Wildman–Crippen MR) is 135 cm³/mol. The Labute approximate surface area is 215 Å². The second-order valence-electron chi connectivity index (χ2n) is 9.14. The van der Waals surface area contributed by atoms with E-state index in [9.17, 15) is 27.6 Å². The largest absolute Gasteiger partial charge is 0.354 e. The second kappa shape index (κ2) is 10.8. The van der Waals surface area contributed by atoms with E-state index in [-0.39, 0.29) is 46.8 Å². The number of rotatable bonds is 10. The fourth-order valence-corrected chi connectivity index (χ4v) is 5.56. The molecule has 2 aromatic carbocycles. The number of hydrogen-bond donors (Lipinski definition) is 2. The van der Waals surface area contributed by atoms with Crippen molar-refractivity contribution in [2.45, 2.75) is 63.3 Å². The van der Waals surface area contributed by atoms with E-state index in [1.807, 2.05) is 0 Å². The third-order valence-corrected chi connectivity index (χ3v) is 7.75. The van der Waals surface area contributed by atoms with Gasteiger partial charge < -0.3 is 5.32 Å². The molecule has 0 saturated carbocycles. The normalized spacial score (nSPS) is 17.7. The summed E-state index contributed by atoms with van der Waals surface area (Å²) >= 11 is 0. The van der Waals surface area contributed by atoms with Crippen LogP contribution in [-0.2, 0) is 23.9 Å². The molecule has 2 N–H and O–H groups in total. The number of unbranched alkanes of at least 4 members (excludes halogenated alkanes) is 3. The van der Waals surface area contributed by atoms with Crippen molar-refractivity contribution in [2.24, 2.45) is 0 Å². The summed E-state index contributed by atoms with van der Waals surface area (Å²) in [5.41, 5.74) is 1.30. The Morgan fingerprint density at radius 1 is 1.03 bits per heavy atom. The van der Waals surface area contributed by atoms with Crippen LogP contribution in [0.3, 0.4) is 0 Å². The molecule has 1 saturated heterocycles. The van der Waals surface area contributed by atoms with Gasteiger partial charge in [-0.1, -0.05) is 38.3 Å². The average Bonchev–Trinajstić information content (AvgIpc) is 3.09. The van der Waals surface area contributed by atoms with Gasteiger partial charge in [0.15, 0.2) is 0 Å². The van der Waals surface area contributed by atoms with Crippen molar-refractivity contribution in [3.05, 3.63) is 53.1 Å². The lowest BCUT2D eigenvalue weighted by atomic mass is 10.0. The van der Waals surface area contributed by atoms with Crippen LogP contribution in [0.4, 0.5) is 11.4 Å². The van der Waals surface area contributed by atoms with E-state index in [1.54, 1.807) is 31.2 Å². The molecule has 0 bridgehead atoms. The van der Waals surface area contributed by atoms with Crippen molar-refractivity contribution in [3.8, 4) is 0 Å². The van der Waals surface area contributed by atoms with E-state index in [1.165, 1.54) is 12.1 Å². The molecule has 2 aromatic rings. The van der Waals surface area contributed by atoms with Gasteiger partial charge in [0.25, 0.3) is 21.9 Å². The molecule has 0 radical (unpaired) electrons. The highest BCUT2D eigenvalue weighted by atomic mass is 32.2. The number of carbonyl (C=O) groups excluding carboxylic acids is 4. The first-order chi connectivity index (χ1) is 17.6. The molecule has 2 aliphatic rings. The second-order valence-corrected chi connectivity index (χ2v) is 10.7. The third kappa shape index (κ3) is 5.42. The molecular formula is C26H29N3O7S. The van der Waals surface area contributed by atoms with Gasteiger partial charge in [-0.05, 0) is 49.6 Å². The third-order valence-electron chi connectivity index (χ3n) is 6.38. The first-order valence-corrected chi connectivity index (χ1v) is 13.7. The van der Waals surface area contributed by atoms with E-state index in [4.69, 9.17) is 4.18 Å². The lowest BCUT2D eigenvalue weighted by molar-refractivity contribution is -0.136. The van der Waals surface area contributed by atoms with Gasteiger partial charge in [0.05, 0.1) is 29.1 Å². The lowest BCUT2D eigenvalue weighted by Crippen LogP contribution is -2.54. The molecular weight excluding hydrogens is 498 g/mol. The van der Waals surface area contributed by atoms with Gasteiger partial charge >= 0.3 is 0 Å².